The van der Waals surface area contributed by atoms with Crippen molar-refractivity contribution in [2.24, 2.45) is 0 Å². The number of aromatic nitrogens is 4. The molecule has 2 heterocycles. The number of tetrazole rings is 1. The molecule has 1 aromatic rings. The third kappa shape index (κ3) is 4.49. The van der Waals surface area contributed by atoms with Gasteiger partial charge in [0, 0.05) is 32.7 Å². The Hall–Kier alpha value is -1.10. The van der Waals surface area contributed by atoms with Crippen molar-refractivity contribution in [2.45, 2.75) is 13.0 Å². The molecule has 0 saturated carbocycles. The van der Waals surface area contributed by atoms with Crippen LogP contribution in [0.3, 0.4) is 0 Å². The molecule has 0 bridgehead atoms. The molecule has 0 spiro atoms. The average Bonchev–Trinajstić information content (AvgIpc) is 2.91. The zero-order valence-electron chi connectivity index (χ0n) is 10.8. The Morgan fingerprint density at radius 2 is 2.16 bits per heavy atom. The van der Waals surface area contributed by atoms with E-state index in [9.17, 15) is 8.42 Å². The Kier molecular flexibility index (Phi) is 4.80. The maximum absolute atomic E-state index is 11.9. The minimum atomic E-state index is -3.34. The second-order valence-corrected chi connectivity index (χ2v) is 6.39. The Balaban J connectivity index is 1.81. The number of nitrogens with zero attached hydrogens (tertiary/aromatic N) is 4. The van der Waals surface area contributed by atoms with Crippen LogP contribution in [0.5, 0.6) is 0 Å². The molecule has 3 N–H and O–H groups in total. The fourth-order valence-corrected chi connectivity index (χ4v) is 3.18. The highest BCUT2D eigenvalue weighted by molar-refractivity contribution is 7.89. The predicted octanol–water partition coefficient (Wildman–Crippen LogP) is -1.91. The topological polar surface area (TPSA) is 116 Å². The van der Waals surface area contributed by atoms with Crippen molar-refractivity contribution in [3.63, 3.8) is 0 Å². The molecule has 1 aliphatic heterocycles. The van der Waals surface area contributed by atoms with Crippen LogP contribution in [0.2, 0.25) is 0 Å². The van der Waals surface area contributed by atoms with E-state index in [0.717, 1.165) is 26.2 Å². The molecule has 1 saturated heterocycles. The lowest BCUT2D eigenvalue weighted by molar-refractivity contribution is 0.253. The number of hydrogen-bond acceptors (Lipinski definition) is 7. The van der Waals surface area contributed by atoms with Gasteiger partial charge >= 0.3 is 0 Å². The summed E-state index contributed by atoms with van der Waals surface area (Å²) in [4.78, 5) is 2.13. The van der Waals surface area contributed by atoms with Crippen LogP contribution in [0.4, 0.5) is 0 Å². The maximum Gasteiger partial charge on any atom is 0.213 e. The third-order valence-corrected chi connectivity index (χ3v) is 4.42. The number of nitrogens with one attached hydrogen (secondary N) is 3. The van der Waals surface area contributed by atoms with Gasteiger partial charge in [-0.1, -0.05) is 5.21 Å². The van der Waals surface area contributed by atoms with Crippen molar-refractivity contribution in [1.29, 1.82) is 0 Å². The van der Waals surface area contributed by atoms with E-state index in [4.69, 9.17) is 0 Å². The Morgan fingerprint density at radius 1 is 1.42 bits per heavy atom. The van der Waals surface area contributed by atoms with Crippen LogP contribution < -0.4 is 10.0 Å². The molecule has 108 valence electrons. The van der Waals surface area contributed by atoms with Gasteiger partial charge in [-0.15, -0.1) is 10.2 Å². The van der Waals surface area contributed by atoms with Crippen LogP contribution in [0, 0.1) is 0 Å². The maximum atomic E-state index is 11.9. The lowest BCUT2D eigenvalue weighted by Crippen LogP contribution is -2.46. The number of H-pyrrole nitrogens is 1. The summed E-state index contributed by atoms with van der Waals surface area (Å²) in [6.07, 6.45) is 0. The first-order valence-corrected chi connectivity index (χ1v) is 7.88. The number of piperazine rings is 1. The summed E-state index contributed by atoms with van der Waals surface area (Å²) in [5.41, 5.74) is 0. The first-order chi connectivity index (χ1) is 9.07. The van der Waals surface area contributed by atoms with Crippen molar-refractivity contribution in [3.05, 3.63) is 5.82 Å². The lowest BCUT2D eigenvalue weighted by atomic mass is 10.4. The quantitative estimate of drug-likeness (QED) is 0.559. The number of sulfonamides is 1. The fourth-order valence-electron chi connectivity index (χ4n) is 1.92. The lowest BCUT2D eigenvalue weighted by Gasteiger charge is -2.27. The van der Waals surface area contributed by atoms with Gasteiger partial charge in [-0.3, -0.25) is 4.90 Å². The summed E-state index contributed by atoms with van der Waals surface area (Å²) < 4.78 is 26.4. The summed E-state index contributed by atoms with van der Waals surface area (Å²) in [5.74, 6) is 0.417. The minimum Gasteiger partial charge on any atom is -0.314 e. The minimum absolute atomic E-state index is 0.0786. The monoisotopic (exact) mass is 289 g/mol. The normalized spacial score (nSPS) is 19.4. The summed E-state index contributed by atoms with van der Waals surface area (Å²) in [5, 5.41) is 16.4. The molecule has 2 rings (SSSR count). The Labute approximate surface area is 112 Å². The molecule has 10 heteroatoms. The van der Waals surface area contributed by atoms with Crippen molar-refractivity contribution in [1.82, 2.24) is 35.6 Å². The fraction of sp³-hybridized carbons (Fsp3) is 0.889. The zero-order valence-corrected chi connectivity index (χ0v) is 11.7. The highest BCUT2D eigenvalue weighted by Crippen LogP contribution is 2.06. The van der Waals surface area contributed by atoms with Crippen LogP contribution in [0.1, 0.15) is 18.8 Å². The Bertz CT molecular complexity index is 469. The smallest absolute Gasteiger partial charge is 0.213 e. The van der Waals surface area contributed by atoms with Crippen molar-refractivity contribution >= 4 is 10.0 Å². The molecule has 0 aromatic carbocycles. The van der Waals surface area contributed by atoms with Crippen LogP contribution in [-0.4, -0.2) is 72.4 Å². The molecule has 19 heavy (non-hydrogen) atoms. The second-order valence-electron chi connectivity index (χ2n) is 4.52. The van der Waals surface area contributed by atoms with Gasteiger partial charge in [-0.25, -0.2) is 13.1 Å². The van der Waals surface area contributed by atoms with Gasteiger partial charge < -0.3 is 5.32 Å². The van der Waals surface area contributed by atoms with Gasteiger partial charge in [0.05, 0.1) is 11.8 Å². The van der Waals surface area contributed by atoms with E-state index in [0.29, 0.717) is 12.4 Å². The Morgan fingerprint density at radius 3 is 2.79 bits per heavy atom. The van der Waals surface area contributed by atoms with Crippen LogP contribution in [0.25, 0.3) is 0 Å². The summed E-state index contributed by atoms with van der Waals surface area (Å²) in [7, 11) is -3.34. The van der Waals surface area contributed by atoms with E-state index in [1.54, 1.807) is 6.92 Å². The SMILES string of the molecule is CC(NS(=O)(=O)CCN1CCNCC1)c1nn[nH]n1. The molecule has 0 aliphatic carbocycles. The van der Waals surface area contributed by atoms with E-state index in [1.165, 1.54) is 0 Å². The van der Waals surface area contributed by atoms with Crippen LogP contribution in [0.15, 0.2) is 0 Å². The first-order valence-electron chi connectivity index (χ1n) is 6.23. The van der Waals surface area contributed by atoms with Gasteiger partial charge in [-0.05, 0) is 6.92 Å². The van der Waals surface area contributed by atoms with Gasteiger partial charge in [0.25, 0.3) is 0 Å². The molecule has 1 aromatic heterocycles. The van der Waals surface area contributed by atoms with Crippen LogP contribution in [-0.2, 0) is 10.0 Å². The molecular weight excluding hydrogens is 270 g/mol. The largest absolute Gasteiger partial charge is 0.314 e. The van der Waals surface area contributed by atoms with Gasteiger partial charge in [-0.2, -0.15) is 5.21 Å². The van der Waals surface area contributed by atoms with Gasteiger partial charge in [0.1, 0.15) is 0 Å². The molecular formula is C9H19N7O2S. The molecule has 0 amide bonds. The molecule has 9 nitrogen and oxygen atoms in total. The molecule has 1 fully saturated rings. The van der Waals surface area contributed by atoms with E-state index in [2.05, 4.69) is 35.6 Å². The van der Waals surface area contributed by atoms with Crippen molar-refractivity contribution in [3.8, 4) is 0 Å². The van der Waals surface area contributed by atoms with E-state index < -0.39 is 16.1 Å². The summed E-state index contributed by atoms with van der Waals surface area (Å²) in [6, 6.07) is -0.480. The van der Waals surface area contributed by atoms with Crippen molar-refractivity contribution in [2.75, 3.05) is 38.5 Å². The summed E-state index contributed by atoms with van der Waals surface area (Å²) >= 11 is 0. The first kappa shape index (κ1) is 14.3. The molecule has 1 aliphatic rings. The molecule has 1 atom stereocenters. The van der Waals surface area contributed by atoms with E-state index >= 15 is 0 Å². The second kappa shape index (κ2) is 6.37. The number of aromatic amines is 1. The average molecular weight is 289 g/mol. The van der Waals surface area contributed by atoms with E-state index in [1.807, 2.05) is 0 Å². The van der Waals surface area contributed by atoms with Crippen molar-refractivity contribution < 1.29 is 8.42 Å². The highest BCUT2D eigenvalue weighted by atomic mass is 32.2. The predicted molar refractivity (Wildman–Crippen MR) is 68.8 cm³/mol. The van der Waals surface area contributed by atoms with Gasteiger partial charge in [0.15, 0.2) is 5.82 Å². The zero-order chi connectivity index (χ0) is 13.7. The highest BCUT2D eigenvalue weighted by Gasteiger charge is 2.20. The molecule has 0 radical (unpaired) electrons. The van der Waals surface area contributed by atoms with Gasteiger partial charge in [0.2, 0.25) is 10.0 Å². The number of rotatable bonds is 6. The van der Waals surface area contributed by atoms with Crippen LogP contribution >= 0.6 is 0 Å². The third-order valence-electron chi connectivity index (χ3n) is 2.99. The number of hydrogen-bond donors (Lipinski definition) is 3. The standard InChI is InChI=1S/C9H19N7O2S/c1-8(9-11-14-15-12-9)13-19(17,18)7-6-16-4-2-10-3-5-16/h8,10,13H,2-7H2,1H3,(H,11,12,14,15). The molecule has 1 unspecified atom stereocenters. The summed E-state index contributed by atoms with van der Waals surface area (Å²) in [6.45, 7) is 5.81. The van der Waals surface area contributed by atoms with E-state index in [-0.39, 0.29) is 5.75 Å².